The first-order chi connectivity index (χ1) is 10.7. The van der Waals surface area contributed by atoms with Crippen molar-refractivity contribution in [1.82, 2.24) is 15.0 Å². The van der Waals surface area contributed by atoms with Gasteiger partial charge >= 0.3 is 0 Å². The summed E-state index contributed by atoms with van der Waals surface area (Å²) in [4.78, 5) is 0. The maximum atomic E-state index is 4.21. The summed E-state index contributed by atoms with van der Waals surface area (Å²) in [6, 6.07) is 13.0. The first-order valence-corrected chi connectivity index (χ1v) is 8.12. The third kappa shape index (κ3) is 3.35. The molecule has 0 spiro atoms. The summed E-state index contributed by atoms with van der Waals surface area (Å²) in [5, 5.41) is 10.9. The molecule has 0 saturated carbocycles. The van der Waals surface area contributed by atoms with Crippen LogP contribution in [0.1, 0.15) is 51.8 Å². The Labute approximate surface area is 133 Å². The topological polar surface area (TPSA) is 30.7 Å². The number of benzene rings is 2. The minimum atomic E-state index is 0.399. The molecule has 0 radical (unpaired) electrons. The number of hydrogen-bond acceptors (Lipinski definition) is 2. The minimum Gasteiger partial charge on any atom is -0.220 e. The number of aryl methyl sites for hydroxylation is 1. The minimum absolute atomic E-state index is 0.399. The second-order valence-electron chi connectivity index (χ2n) is 5.46. The van der Waals surface area contributed by atoms with Gasteiger partial charge in [0.2, 0.25) is 0 Å². The predicted molar refractivity (Wildman–Crippen MR) is 93.7 cm³/mol. The number of aromatic nitrogens is 3. The summed E-state index contributed by atoms with van der Waals surface area (Å²) in [6.07, 6.45) is 3.07. The molecule has 0 atom stereocenters. The van der Waals surface area contributed by atoms with Gasteiger partial charge in [-0.3, -0.25) is 0 Å². The van der Waals surface area contributed by atoms with Gasteiger partial charge in [-0.2, -0.15) is 0 Å². The fraction of sp³-hybridized carbons (Fsp3) is 0.368. The zero-order valence-corrected chi connectivity index (χ0v) is 14.2. The Morgan fingerprint density at radius 3 is 2.32 bits per heavy atom. The standard InChI is InChI=1S/C17H19N3.C2H6/c1-4-13-5-6-15-10-16(8-7-14(15)9-13)20-11-17(12(2)3)18-19-20;1-2/h5-12H,4H2,1-3H3;1-2H3. The second kappa shape index (κ2) is 7.21. The molecule has 0 bridgehead atoms. The number of fused-ring (bicyclic) bond motifs is 1. The molecule has 22 heavy (non-hydrogen) atoms. The Morgan fingerprint density at radius 1 is 1.00 bits per heavy atom. The molecular weight excluding hydrogens is 270 g/mol. The summed E-state index contributed by atoms with van der Waals surface area (Å²) in [5.41, 5.74) is 3.45. The molecule has 0 N–H and O–H groups in total. The van der Waals surface area contributed by atoms with E-state index in [-0.39, 0.29) is 0 Å². The fourth-order valence-corrected chi connectivity index (χ4v) is 2.31. The van der Waals surface area contributed by atoms with E-state index in [1.54, 1.807) is 0 Å². The van der Waals surface area contributed by atoms with Crippen LogP contribution in [0.25, 0.3) is 16.5 Å². The molecule has 3 rings (SSSR count). The SMILES string of the molecule is CC.CCc1ccc2cc(-n3cc(C(C)C)nn3)ccc2c1. The molecule has 0 aliphatic carbocycles. The molecule has 0 fully saturated rings. The van der Waals surface area contributed by atoms with Crippen LogP contribution in [-0.2, 0) is 6.42 Å². The number of rotatable bonds is 3. The van der Waals surface area contributed by atoms with E-state index in [9.17, 15) is 0 Å². The molecule has 2 aromatic carbocycles. The van der Waals surface area contributed by atoms with Crippen LogP contribution < -0.4 is 0 Å². The van der Waals surface area contributed by atoms with Crippen LogP contribution in [0.2, 0.25) is 0 Å². The third-order valence-corrected chi connectivity index (χ3v) is 3.66. The molecule has 3 nitrogen and oxygen atoms in total. The quantitative estimate of drug-likeness (QED) is 0.670. The molecule has 0 aliphatic heterocycles. The molecular formula is C19H25N3. The normalized spacial score (nSPS) is 10.6. The molecule has 0 amide bonds. The third-order valence-electron chi connectivity index (χ3n) is 3.66. The fourth-order valence-electron chi connectivity index (χ4n) is 2.31. The van der Waals surface area contributed by atoms with E-state index in [0.29, 0.717) is 5.92 Å². The zero-order valence-electron chi connectivity index (χ0n) is 14.2. The van der Waals surface area contributed by atoms with Gasteiger partial charge in [-0.15, -0.1) is 5.10 Å². The van der Waals surface area contributed by atoms with Gasteiger partial charge in [0.1, 0.15) is 0 Å². The smallest absolute Gasteiger partial charge is 0.0857 e. The second-order valence-corrected chi connectivity index (χ2v) is 5.46. The predicted octanol–water partition coefficient (Wildman–Crippen LogP) is 5.13. The summed E-state index contributed by atoms with van der Waals surface area (Å²) < 4.78 is 1.85. The lowest BCUT2D eigenvalue weighted by Gasteiger charge is -2.05. The molecule has 1 heterocycles. The molecule has 0 saturated heterocycles. The number of nitrogens with zero attached hydrogens (tertiary/aromatic N) is 3. The Morgan fingerprint density at radius 2 is 1.68 bits per heavy atom. The summed E-state index contributed by atoms with van der Waals surface area (Å²) in [5.74, 6) is 0.399. The average Bonchev–Trinajstić information content (AvgIpc) is 3.06. The van der Waals surface area contributed by atoms with Gasteiger partial charge in [0.05, 0.1) is 17.6 Å². The van der Waals surface area contributed by atoms with Gasteiger partial charge in [0, 0.05) is 0 Å². The molecule has 3 aromatic rings. The zero-order chi connectivity index (χ0) is 16.1. The summed E-state index contributed by atoms with van der Waals surface area (Å²) in [7, 11) is 0. The van der Waals surface area contributed by atoms with E-state index in [1.807, 2.05) is 24.7 Å². The van der Waals surface area contributed by atoms with E-state index in [0.717, 1.165) is 17.8 Å². The van der Waals surface area contributed by atoms with Crippen molar-refractivity contribution >= 4 is 10.8 Å². The van der Waals surface area contributed by atoms with Crippen molar-refractivity contribution in [3.05, 3.63) is 53.9 Å². The number of hydrogen-bond donors (Lipinski definition) is 0. The van der Waals surface area contributed by atoms with E-state index >= 15 is 0 Å². The van der Waals surface area contributed by atoms with Crippen molar-refractivity contribution in [1.29, 1.82) is 0 Å². The highest BCUT2D eigenvalue weighted by Crippen LogP contribution is 2.21. The molecule has 1 aromatic heterocycles. The molecule has 116 valence electrons. The lowest BCUT2D eigenvalue weighted by Crippen LogP contribution is -1.94. The summed E-state index contributed by atoms with van der Waals surface area (Å²) in [6.45, 7) is 10.4. The van der Waals surface area contributed by atoms with Gasteiger partial charge in [0.15, 0.2) is 0 Å². The first-order valence-electron chi connectivity index (χ1n) is 8.12. The van der Waals surface area contributed by atoms with E-state index < -0.39 is 0 Å². The van der Waals surface area contributed by atoms with Crippen LogP contribution in [0.5, 0.6) is 0 Å². The molecule has 0 aliphatic rings. The van der Waals surface area contributed by atoms with Gasteiger partial charge < -0.3 is 0 Å². The monoisotopic (exact) mass is 295 g/mol. The Balaban J connectivity index is 0.000000847. The van der Waals surface area contributed by atoms with Crippen molar-refractivity contribution in [3.63, 3.8) is 0 Å². The molecule has 3 heteroatoms. The highest BCUT2D eigenvalue weighted by atomic mass is 15.4. The van der Waals surface area contributed by atoms with Crippen molar-refractivity contribution in [2.24, 2.45) is 0 Å². The van der Waals surface area contributed by atoms with Crippen molar-refractivity contribution in [3.8, 4) is 5.69 Å². The molecule has 0 unspecified atom stereocenters. The van der Waals surface area contributed by atoms with Crippen molar-refractivity contribution < 1.29 is 0 Å². The van der Waals surface area contributed by atoms with Gasteiger partial charge in [0.25, 0.3) is 0 Å². The Hall–Kier alpha value is -2.16. The van der Waals surface area contributed by atoms with Crippen molar-refractivity contribution in [2.75, 3.05) is 0 Å². The van der Waals surface area contributed by atoms with Gasteiger partial charge in [-0.05, 0) is 40.8 Å². The van der Waals surface area contributed by atoms with Gasteiger partial charge in [-0.1, -0.05) is 64.1 Å². The first kappa shape index (κ1) is 16.2. The highest BCUT2D eigenvalue weighted by Gasteiger charge is 2.06. The lowest BCUT2D eigenvalue weighted by molar-refractivity contribution is 0.776. The lowest BCUT2D eigenvalue weighted by atomic mass is 10.1. The highest BCUT2D eigenvalue weighted by molar-refractivity contribution is 5.85. The van der Waals surface area contributed by atoms with Crippen molar-refractivity contribution in [2.45, 2.75) is 47.0 Å². The Bertz CT molecular complexity index is 741. The van der Waals surface area contributed by atoms with Crippen LogP contribution in [0.4, 0.5) is 0 Å². The Kier molecular flexibility index (Phi) is 5.31. The summed E-state index contributed by atoms with van der Waals surface area (Å²) >= 11 is 0. The van der Waals surface area contributed by atoms with Gasteiger partial charge in [-0.25, -0.2) is 4.68 Å². The van der Waals surface area contributed by atoms with Crippen LogP contribution >= 0.6 is 0 Å². The maximum Gasteiger partial charge on any atom is 0.0857 e. The van der Waals surface area contributed by atoms with Crippen LogP contribution in [0.15, 0.2) is 42.6 Å². The average molecular weight is 295 g/mol. The largest absolute Gasteiger partial charge is 0.220 e. The van der Waals surface area contributed by atoms with Crippen LogP contribution in [0.3, 0.4) is 0 Å². The van der Waals surface area contributed by atoms with E-state index in [1.165, 1.54) is 16.3 Å². The van der Waals surface area contributed by atoms with E-state index in [2.05, 4.69) is 67.5 Å². The van der Waals surface area contributed by atoms with Crippen LogP contribution in [0, 0.1) is 0 Å². The van der Waals surface area contributed by atoms with E-state index in [4.69, 9.17) is 0 Å². The van der Waals surface area contributed by atoms with Crippen LogP contribution in [-0.4, -0.2) is 15.0 Å². The maximum absolute atomic E-state index is 4.21.